The number of nitrogens with one attached hydrogen (secondary N) is 1. The van der Waals surface area contributed by atoms with Gasteiger partial charge < -0.3 is 0 Å². The lowest BCUT2D eigenvalue weighted by Crippen LogP contribution is -2.44. The number of hydrogen-bond acceptors (Lipinski definition) is 2. The van der Waals surface area contributed by atoms with Crippen LogP contribution in [0.2, 0.25) is 0 Å². The lowest BCUT2D eigenvalue weighted by atomic mass is 9.92. The van der Waals surface area contributed by atoms with Crippen molar-refractivity contribution >= 4 is 17.2 Å². The molecule has 160 valence electrons. The zero-order chi connectivity index (χ0) is 22.5. The van der Waals surface area contributed by atoms with Crippen molar-refractivity contribution in [1.82, 2.24) is 10.4 Å². The van der Waals surface area contributed by atoms with E-state index in [1.54, 1.807) is 0 Å². The van der Waals surface area contributed by atoms with Crippen molar-refractivity contribution < 1.29 is 4.79 Å². The lowest BCUT2D eigenvalue weighted by molar-refractivity contribution is 0.0837. The van der Waals surface area contributed by atoms with Crippen molar-refractivity contribution in [1.29, 1.82) is 0 Å². The average Bonchev–Trinajstić information content (AvgIpc) is 2.90. The van der Waals surface area contributed by atoms with E-state index >= 15 is 0 Å². The third-order valence-corrected chi connectivity index (χ3v) is 5.74. The molecule has 33 heavy (non-hydrogen) atoms. The molecular weight excluding hydrogens is 404 g/mol. The summed E-state index contributed by atoms with van der Waals surface area (Å²) in [5, 5.41) is 1.98. The van der Waals surface area contributed by atoms with E-state index in [9.17, 15) is 4.79 Å². The molecule has 0 saturated carbocycles. The summed E-state index contributed by atoms with van der Waals surface area (Å²) in [5.41, 5.74) is 9.14. The summed E-state index contributed by atoms with van der Waals surface area (Å²) in [5.74, 6) is -0.144. The van der Waals surface area contributed by atoms with E-state index in [0.29, 0.717) is 5.56 Å². The minimum Gasteiger partial charge on any atom is -0.273 e. The number of allylic oxidation sites excluding steroid dienone is 2. The van der Waals surface area contributed by atoms with E-state index in [1.165, 1.54) is 0 Å². The van der Waals surface area contributed by atoms with Gasteiger partial charge in [0.05, 0.1) is 11.7 Å². The summed E-state index contributed by atoms with van der Waals surface area (Å²) < 4.78 is 0. The molecule has 0 saturated heterocycles. The van der Waals surface area contributed by atoms with Gasteiger partial charge in [0.15, 0.2) is 0 Å². The number of hydrazine groups is 1. The van der Waals surface area contributed by atoms with Gasteiger partial charge >= 0.3 is 0 Å². The van der Waals surface area contributed by atoms with Crippen LogP contribution >= 0.6 is 0 Å². The molecule has 1 amide bonds. The highest BCUT2D eigenvalue weighted by atomic mass is 16.2. The van der Waals surface area contributed by atoms with Crippen LogP contribution in [0.5, 0.6) is 0 Å². The van der Waals surface area contributed by atoms with Crippen LogP contribution in [0.1, 0.15) is 33.1 Å². The van der Waals surface area contributed by atoms with Gasteiger partial charge in [-0.05, 0) is 46.5 Å². The van der Waals surface area contributed by atoms with Gasteiger partial charge in [-0.1, -0.05) is 109 Å². The molecule has 0 bridgehead atoms. The van der Waals surface area contributed by atoms with Gasteiger partial charge in [0.25, 0.3) is 5.91 Å². The molecule has 1 aliphatic rings. The quantitative estimate of drug-likeness (QED) is 0.393. The SMILES string of the molecule is O=C(NN1C(c2ccccc2)=CC(c2ccccc2)=CC1c1ccccc1)c1ccccc1. The van der Waals surface area contributed by atoms with E-state index in [-0.39, 0.29) is 11.9 Å². The van der Waals surface area contributed by atoms with E-state index in [4.69, 9.17) is 0 Å². The van der Waals surface area contributed by atoms with Gasteiger partial charge in [0, 0.05) is 5.56 Å². The molecule has 0 aliphatic carbocycles. The molecule has 5 rings (SSSR count). The fourth-order valence-electron chi connectivity index (χ4n) is 4.09. The lowest BCUT2D eigenvalue weighted by Gasteiger charge is -2.37. The summed E-state index contributed by atoms with van der Waals surface area (Å²) in [6, 6.07) is 40.0. The fraction of sp³-hybridized carbons (Fsp3) is 0.0333. The summed E-state index contributed by atoms with van der Waals surface area (Å²) in [6.45, 7) is 0. The molecule has 3 heteroatoms. The monoisotopic (exact) mass is 428 g/mol. The second-order valence-electron chi connectivity index (χ2n) is 7.92. The van der Waals surface area contributed by atoms with Crippen LogP contribution in [0.4, 0.5) is 0 Å². The van der Waals surface area contributed by atoms with Crippen molar-refractivity contribution in [3.8, 4) is 0 Å². The Morgan fingerprint density at radius 2 is 1.15 bits per heavy atom. The van der Waals surface area contributed by atoms with Crippen LogP contribution in [0.3, 0.4) is 0 Å². The third kappa shape index (κ3) is 4.48. The standard InChI is InChI=1S/C30H24N2O/c33-30(26-19-11-4-12-20-26)31-32-28(24-15-7-2-8-16-24)21-27(23-13-5-1-6-14-23)22-29(32)25-17-9-3-10-18-25/h1-22,28H,(H,31,33). The molecule has 1 heterocycles. The Labute approximate surface area is 194 Å². The van der Waals surface area contributed by atoms with Crippen LogP contribution in [0.15, 0.2) is 133 Å². The molecule has 1 atom stereocenters. The molecule has 1 unspecified atom stereocenters. The van der Waals surface area contributed by atoms with Crippen LogP contribution in [-0.4, -0.2) is 10.9 Å². The zero-order valence-electron chi connectivity index (χ0n) is 18.1. The molecule has 0 fully saturated rings. The maximum absolute atomic E-state index is 13.2. The number of benzene rings is 4. The first-order valence-electron chi connectivity index (χ1n) is 11.0. The summed E-state index contributed by atoms with van der Waals surface area (Å²) in [4.78, 5) is 13.2. The molecule has 4 aromatic carbocycles. The van der Waals surface area contributed by atoms with Crippen LogP contribution in [0, 0.1) is 0 Å². The van der Waals surface area contributed by atoms with Gasteiger partial charge in [-0.15, -0.1) is 0 Å². The Morgan fingerprint density at radius 1 is 0.636 bits per heavy atom. The topological polar surface area (TPSA) is 32.3 Å². The highest BCUT2D eigenvalue weighted by Gasteiger charge is 2.28. The zero-order valence-corrected chi connectivity index (χ0v) is 18.1. The Kier molecular flexibility index (Phi) is 5.85. The molecule has 0 radical (unpaired) electrons. The maximum atomic E-state index is 13.2. The first-order chi connectivity index (χ1) is 16.3. The molecular formula is C30H24N2O. The minimum absolute atomic E-state index is 0.144. The van der Waals surface area contributed by atoms with E-state index in [0.717, 1.165) is 28.0 Å². The second kappa shape index (κ2) is 9.41. The first-order valence-corrected chi connectivity index (χ1v) is 11.0. The number of amides is 1. The van der Waals surface area contributed by atoms with Crippen LogP contribution in [0.25, 0.3) is 11.3 Å². The average molecular weight is 429 g/mol. The van der Waals surface area contributed by atoms with Crippen LogP contribution < -0.4 is 5.43 Å². The molecule has 3 nitrogen and oxygen atoms in total. The van der Waals surface area contributed by atoms with Gasteiger partial charge in [0.1, 0.15) is 0 Å². The number of hydrogen-bond donors (Lipinski definition) is 1. The molecule has 4 aromatic rings. The minimum atomic E-state index is -0.172. The molecule has 1 aliphatic heterocycles. The fourth-order valence-corrected chi connectivity index (χ4v) is 4.09. The maximum Gasteiger partial charge on any atom is 0.269 e. The van der Waals surface area contributed by atoms with Gasteiger partial charge in [-0.2, -0.15) is 0 Å². The molecule has 0 spiro atoms. The Hall–Kier alpha value is -4.37. The Morgan fingerprint density at radius 3 is 1.76 bits per heavy atom. The van der Waals surface area contributed by atoms with Crippen LogP contribution in [-0.2, 0) is 0 Å². The van der Waals surface area contributed by atoms with Crippen molar-refractivity contribution in [2.24, 2.45) is 0 Å². The molecule has 1 N–H and O–H groups in total. The van der Waals surface area contributed by atoms with Crippen molar-refractivity contribution in [2.45, 2.75) is 6.04 Å². The number of rotatable bonds is 5. The first kappa shape index (κ1) is 20.5. The highest BCUT2D eigenvalue weighted by Crippen LogP contribution is 2.38. The Bertz CT molecular complexity index is 1280. The van der Waals surface area contributed by atoms with Gasteiger partial charge in [-0.25, -0.2) is 0 Å². The highest BCUT2D eigenvalue weighted by molar-refractivity contribution is 5.95. The largest absolute Gasteiger partial charge is 0.273 e. The normalized spacial score (nSPS) is 15.4. The summed E-state index contributed by atoms with van der Waals surface area (Å²) in [6.07, 6.45) is 4.36. The van der Waals surface area contributed by atoms with Crippen molar-refractivity contribution in [3.63, 3.8) is 0 Å². The number of carbonyl (C=O) groups excluding carboxylic acids is 1. The predicted octanol–water partition coefficient (Wildman–Crippen LogP) is 6.51. The number of carbonyl (C=O) groups is 1. The number of nitrogens with zero attached hydrogens (tertiary/aromatic N) is 1. The van der Waals surface area contributed by atoms with Gasteiger partial charge in [0.2, 0.25) is 0 Å². The van der Waals surface area contributed by atoms with Gasteiger partial charge in [-0.3, -0.25) is 15.2 Å². The van der Waals surface area contributed by atoms with E-state index in [1.807, 2.05) is 89.9 Å². The predicted molar refractivity (Wildman–Crippen MR) is 134 cm³/mol. The van der Waals surface area contributed by atoms with E-state index < -0.39 is 0 Å². The van der Waals surface area contributed by atoms with Crippen molar-refractivity contribution in [2.75, 3.05) is 0 Å². The third-order valence-electron chi connectivity index (χ3n) is 5.74. The van der Waals surface area contributed by atoms with E-state index in [2.05, 4.69) is 54.0 Å². The summed E-state index contributed by atoms with van der Waals surface area (Å²) >= 11 is 0. The second-order valence-corrected chi connectivity index (χ2v) is 7.92. The Balaban J connectivity index is 1.64. The van der Waals surface area contributed by atoms with Crippen molar-refractivity contribution in [3.05, 3.63) is 156 Å². The smallest absolute Gasteiger partial charge is 0.269 e. The molecule has 0 aromatic heterocycles. The summed E-state index contributed by atoms with van der Waals surface area (Å²) in [7, 11) is 0.